The SMILES string of the molecule is OC[C@@H]1[C@H]2[C@H](O)[C@H](O)C[NH+]2C[C@H]1O. The third-order valence-corrected chi connectivity index (χ3v) is 3.34. The van der Waals surface area contributed by atoms with Crippen LogP contribution in [0, 0.1) is 5.92 Å². The zero-order valence-electron chi connectivity index (χ0n) is 7.30. The van der Waals surface area contributed by atoms with Crippen LogP contribution in [-0.4, -0.2) is 64.5 Å². The lowest BCUT2D eigenvalue weighted by atomic mass is 9.94. The Morgan fingerprint density at radius 2 is 1.69 bits per heavy atom. The molecule has 2 aliphatic rings. The minimum atomic E-state index is -0.802. The number of aliphatic hydroxyl groups is 4. The molecule has 0 radical (unpaired) electrons. The summed E-state index contributed by atoms with van der Waals surface area (Å²) < 4.78 is 0. The molecule has 2 aliphatic heterocycles. The average Bonchev–Trinajstić information content (AvgIpc) is 2.51. The predicted molar refractivity (Wildman–Crippen MR) is 43.1 cm³/mol. The van der Waals surface area contributed by atoms with Crippen LogP contribution in [0.3, 0.4) is 0 Å². The molecule has 5 N–H and O–H groups in total. The maximum Gasteiger partial charge on any atom is 0.137 e. The molecule has 76 valence electrons. The van der Waals surface area contributed by atoms with Crippen LogP contribution in [0.1, 0.15) is 0 Å². The summed E-state index contributed by atoms with van der Waals surface area (Å²) in [5, 5.41) is 37.5. The molecule has 0 aromatic rings. The largest absolute Gasteiger partial charge is 0.396 e. The molecule has 0 bridgehead atoms. The van der Waals surface area contributed by atoms with E-state index in [1.165, 1.54) is 0 Å². The van der Waals surface area contributed by atoms with Crippen LogP contribution in [0.2, 0.25) is 0 Å². The summed E-state index contributed by atoms with van der Waals surface area (Å²) in [4.78, 5) is 1.01. The van der Waals surface area contributed by atoms with Gasteiger partial charge in [0.05, 0.1) is 12.5 Å². The van der Waals surface area contributed by atoms with E-state index in [1.54, 1.807) is 0 Å². The van der Waals surface area contributed by atoms with E-state index in [0.29, 0.717) is 13.1 Å². The number of rotatable bonds is 1. The Balaban J connectivity index is 2.15. The van der Waals surface area contributed by atoms with Gasteiger partial charge in [0.2, 0.25) is 0 Å². The minimum Gasteiger partial charge on any atom is -0.396 e. The lowest BCUT2D eigenvalue weighted by molar-refractivity contribution is -0.904. The fourth-order valence-electron chi connectivity index (χ4n) is 2.68. The van der Waals surface area contributed by atoms with Crippen LogP contribution in [0.5, 0.6) is 0 Å². The van der Waals surface area contributed by atoms with Crippen molar-refractivity contribution in [1.82, 2.24) is 0 Å². The van der Waals surface area contributed by atoms with Crippen LogP contribution < -0.4 is 4.90 Å². The summed E-state index contributed by atoms with van der Waals surface area (Å²) >= 11 is 0. The van der Waals surface area contributed by atoms with Crippen LogP contribution in [0.25, 0.3) is 0 Å². The molecule has 6 atom stereocenters. The molecule has 2 saturated heterocycles. The number of aliphatic hydroxyl groups excluding tert-OH is 4. The van der Waals surface area contributed by atoms with Gasteiger partial charge in [-0.1, -0.05) is 0 Å². The standard InChI is InChI=1S/C8H15NO4/c10-3-4-5(11)1-9-2-6(12)8(13)7(4)9/h4-8,10-13H,1-3H2/p+1/t4-,5+,6+,7-,8+/m0/s1. The Kier molecular flexibility index (Phi) is 2.29. The Morgan fingerprint density at radius 1 is 1.08 bits per heavy atom. The van der Waals surface area contributed by atoms with E-state index in [9.17, 15) is 15.3 Å². The van der Waals surface area contributed by atoms with Crippen LogP contribution in [0.15, 0.2) is 0 Å². The van der Waals surface area contributed by atoms with Gasteiger partial charge in [-0.2, -0.15) is 0 Å². The van der Waals surface area contributed by atoms with Crippen molar-refractivity contribution in [3.8, 4) is 0 Å². The highest BCUT2D eigenvalue weighted by Gasteiger charge is 2.55. The molecule has 5 nitrogen and oxygen atoms in total. The molecule has 13 heavy (non-hydrogen) atoms. The smallest absolute Gasteiger partial charge is 0.137 e. The molecule has 0 aromatic carbocycles. The first-order valence-corrected chi connectivity index (χ1v) is 4.64. The molecule has 0 aliphatic carbocycles. The van der Waals surface area contributed by atoms with Crippen molar-refractivity contribution in [3.63, 3.8) is 0 Å². The number of hydrogen-bond acceptors (Lipinski definition) is 4. The Labute approximate surface area is 76.2 Å². The van der Waals surface area contributed by atoms with E-state index in [1.807, 2.05) is 0 Å². The quantitative estimate of drug-likeness (QED) is 0.291. The summed E-state index contributed by atoms with van der Waals surface area (Å²) in [5.74, 6) is -0.290. The highest BCUT2D eigenvalue weighted by molar-refractivity contribution is 4.92. The normalized spacial score (nSPS) is 55.4. The first kappa shape index (κ1) is 9.36. The van der Waals surface area contributed by atoms with Gasteiger partial charge in [0, 0.05) is 0 Å². The molecule has 1 unspecified atom stereocenters. The summed E-state index contributed by atoms with van der Waals surface area (Å²) in [5.41, 5.74) is 0. The fourth-order valence-corrected chi connectivity index (χ4v) is 2.68. The van der Waals surface area contributed by atoms with Crippen molar-refractivity contribution >= 4 is 0 Å². The molecule has 0 spiro atoms. The maximum atomic E-state index is 9.59. The van der Waals surface area contributed by atoms with E-state index < -0.39 is 18.3 Å². The number of nitrogens with one attached hydrogen (secondary N) is 1. The van der Waals surface area contributed by atoms with Gasteiger partial charge in [-0.05, 0) is 0 Å². The second-order valence-electron chi connectivity index (χ2n) is 4.06. The zero-order valence-corrected chi connectivity index (χ0v) is 7.30. The van der Waals surface area contributed by atoms with Gasteiger partial charge in [-0.25, -0.2) is 0 Å². The van der Waals surface area contributed by atoms with Crippen LogP contribution in [-0.2, 0) is 0 Å². The third kappa shape index (κ3) is 1.28. The predicted octanol–water partition coefficient (Wildman–Crippen LogP) is -4.04. The second kappa shape index (κ2) is 3.18. The van der Waals surface area contributed by atoms with Crippen molar-refractivity contribution in [1.29, 1.82) is 0 Å². The maximum absolute atomic E-state index is 9.59. The first-order valence-electron chi connectivity index (χ1n) is 4.64. The van der Waals surface area contributed by atoms with Crippen molar-refractivity contribution < 1.29 is 25.3 Å². The van der Waals surface area contributed by atoms with E-state index in [4.69, 9.17) is 5.11 Å². The monoisotopic (exact) mass is 190 g/mol. The average molecular weight is 190 g/mol. The van der Waals surface area contributed by atoms with Gasteiger partial charge in [-0.15, -0.1) is 0 Å². The highest BCUT2D eigenvalue weighted by Crippen LogP contribution is 2.20. The lowest BCUT2D eigenvalue weighted by Crippen LogP contribution is -3.13. The van der Waals surface area contributed by atoms with E-state index in [0.717, 1.165) is 4.90 Å². The molecule has 2 fully saturated rings. The topological polar surface area (TPSA) is 85.4 Å². The van der Waals surface area contributed by atoms with Gasteiger partial charge in [0.25, 0.3) is 0 Å². The van der Waals surface area contributed by atoms with Gasteiger partial charge in [0.15, 0.2) is 0 Å². The van der Waals surface area contributed by atoms with E-state index >= 15 is 0 Å². The summed E-state index contributed by atoms with van der Waals surface area (Å²) in [6.07, 6.45) is -2.06. The van der Waals surface area contributed by atoms with Gasteiger partial charge in [0.1, 0.15) is 37.4 Å². The van der Waals surface area contributed by atoms with Crippen molar-refractivity contribution in [3.05, 3.63) is 0 Å². The van der Waals surface area contributed by atoms with Crippen molar-refractivity contribution in [2.24, 2.45) is 5.92 Å². The zero-order chi connectivity index (χ0) is 9.59. The van der Waals surface area contributed by atoms with Crippen molar-refractivity contribution in [2.45, 2.75) is 24.4 Å². The van der Waals surface area contributed by atoms with E-state index in [-0.39, 0.29) is 18.6 Å². The van der Waals surface area contributed by atoms with E-state index in [2.05, 4.69) is 0 Å². The molecule has 5 heteroatoms. The Bertz CT molecular complexity index is 201. The van der Waals surface area contributed by atoms with Crippen LogP contribution in [0.4, 0.5) is 0 Å². The van der Waals surface area contributed by atoms with Gasteiger partial charge >= 0.3 is 0 Å². The Hall–Kier alpha value is -0.200. The Morgan fingerprint density at radius 3 is 2.31 bits per heavy atom. The molecule has 2 rings (SSSR count). The fraction of sp³-hybridized carbons (Fsp3) is 1.00. The minimum absolute atomic E-state index is 0.126. The van der Waals surface area contributed by atoms with Gasteiger partial charge < -0.3 is 25.3 Å². The third-order valence-electron chi connectivity index (χ3n) is 3.34. The molecular formula is C8H16NO4+. The van der Waals surface area contributed by atoms with Crippen LogP contribution >= 0.6 is 0 Å². The summed E-state index contributed by atoms with van der Waals surface area (Å²) in [6, 6.07) is -0.199. The molecule has 0 saturated carbocycles. The summed E-state index contributed by atoms with van der Waals surface area (Å²) in [7, 11) is 0. The molecule has 0 amide bonds. The first-order chi connectivity index (χ1) is 6.15. The van der Waals surface area contributed by atoms with Gasteiger partial charge in [-0.3, -0.25) is 0 Å². The molecule has 0 aromatic heterocycles. The highest BCUT2D eigenvalue weighted by atomic mass is 16.3. The second-order valence-corrected chi connectivity index (χ2v) is 4.06. The molecule has 2 heterocycles. The number of fused-ring (bicyclic) bond motifs is 1. The number of quaternary nitrogens is 1. The number of hydrogen-bond donors (Lipinski definition) is 5. The lowest BCUT2D eigenvalue weighted by Gasteiger charge is -2.18. The summed E-state index contributed by atoms with van der Waals surface area (Å²) in [6.45, 7) is 0.864. The van der Waals surface area contributed by atoms with Crippen molar-refractivity contribution in [2.75, 3.05) is 19.7 Å². The molecular weight excluding hydrogens is 174 g/mol.